The van der Waals surface area contributed by atoms with E-state index in [-0.39, 0.29) is 11.7 Å². The summed E-state index contributed by atoms with van der Waals surface area (Å²) in [4.78, 5) is 12.1. The second-order valence-corrected chi connectivity index (χ2v) is 6.76. The van der Waals surface area contributed by atoms with E-state index in [1.807, 2.05) is 37.3 Å². The fraction of sp³-hybridized carbons (Fsp3) is 0.167. The van der Waals surface area contributed by atoms with Crippen LogP contribution in [0.4, 0.5) is 5.69 Å². The first-order valence-electron chi connectivity index (χ1n) is 7.72. The van der Waals surface area contributed by atoms with Crippen LogP contribution in [0, 0.1) is 6.92 Å². The molecule has 1 aromatic heterocycles. The molecule has 6 nitrogen and oxygen atoms in total. The van der Waals surface area contributed by atoms with E-state index in [1.165, 1.54) is 0 Å². The molecule has 0 aliphatic heterocycles. The number of amides is 1. The van der Waals surface area contributed by atoms with Crippen molar-refractivity contribution in [2.24, 2.45) is 0 Å². The van der Waals surface area contributed by atoms with Crippen LogP contribution in [0.25, 0.3) is 11.5 Å². The SMILES string of the molecule is COc1ccc(-c2nnc(SCC(=O)Nc3ccc(C)cc3Cl)o2)cc1. The number of rotatable bonds is 6. The van der Waals surface area contributed by atoms with Gasteiger partial charge in [-0.25, -0.2) is 0 Å². The number of thioether (sulfide) groups is 1. The van der Waals surface area contributed by atoms with E-state index in [2.05, 4.69) is 15.5 Å². The molecule has 2 aromatic carbocycles. The number of anilines is 1. The number of benzene rings is 2. The van der Waals surface area contributed by atoms with E-state index in [1.54, 1.807) is 19.2 Å². The molecule has 0 spiro atoms. The standard InChI is InChI=1S/C18H16ClN3O3S/c1-11-3-8-15(14(19)9-11)20-16(23)10-26-18-22-21-17(25-18)12-4-6-13(24-2)7-5-12/h3-9H,10H2,1-2H3,(H,20,23). The smallest absolute Gasteiger partial charge is 0.277 e. The Kier molecular flexibility index (Phi) is 5.80. The molecule has 0 aliphatic rings. The minimum atomic E-state index is -0.204. The van der Waals surface area contributed by atoms with Gasteiger partial charge in [-0.15, -0.1) is 10.2 Å². The molecule has 8 heteroatoms. The summed E-state index contributed by atoms with van der Waals surface area (Å²) in [5.74, 6) is 1.06. The van der Waals surface area contributed by atoms with Crippen LogP contribution in [-0.4, -0.2) is 29.0 Å². The predicted octanol–water partition coefficient (Wildman–Crippen LogP) is 4.44. The van der Waals surface area contributed by atoms with Crippen LogP contribution in [0.15, 0.2) is 52.1 Å². The lowest BCUT2D eigenvalue weighted by atomic mass is 10.2. The fourth-order valence-electron chi connectivity index (χ4n) is 2.15. The average molecular weight is 390 g/mol. The van der Waals surface area contributed by atoms with E-state index in [9.17, 15) is 4.79 Å². The highest BCUT2D eigenvalue weighted by molar-refractivity contribution is 7.99. The van der Waals surface area contributed by atoms with Gasteiger partial charge < -0.3 is 14.5 Å². The Hall–Kier alpha value is -2.51. The van der Waals surface area contributed by atoms with Crippen molar-refractivity contribution < 1.29 is 13.9 Å². The third-order valence-corrected chi connectivity index (χ3v) is 4.60. The molecule has 0 unspecified atom stereocenters. The lowest BCUT2D eigenvalue weighted by molar-refractivity contribution is -0.113. The van der Waals surface area contributed by atoms with Crippen LogP contribution in [0.2, 0.25) is 5.02 Å². The number of aryl methyl sites for hydroxylation is 1. The second kappa shape index (κ2) is 8.25. The lowest BCUT2D eigenvalue weighted by Crippen LogP contribution is -2.14. The van der Waals surface area contributed by atoms with E-state index >= 15 is 0 Å². The quantitative estimate of drug-likeness (QED) is 0.628. The Balaban J connectivity index is 1.58. The molecular formula is C18H16ClN3O3S. The van der Waals surface area contributed by atoms with Crippen LogP contribution < -0.4 is 10.1 Å². The summed E-state index contributed by atoms with van der Waals surface area (Å²) in [6.07, 6.45) is 0. The number of aromatic nitrogens is 2. The van der Waals surface area contributed by atoms with Gasteiger partial charge in [0.2, 0.25) is 11.8 Å². The van der Waals surface area contributed by atoms with Gasteiger partial charge in [0.25, 0.3) is 5.22 Å². The van der Waals surface area contributed by atoms with Crippen molar-refractivity contribution in [1.29, 1.82) is 0 Å². The van der Waals surface area contributed by atoms with E-state index in [4.69, 9.17) is 20.8 Å². The highest BCUT2D eigenvalue weighted by Crippen LogP contribution is 2.26. The normalized spacial score (nSPS) is 10.6. The first-order valence-corrected chi connectivity index (χ1v) is 9.08. The second-order valence-electron chi connectivity index (χ2n) is 5.42. The molecular weight excluding hydrogens is 374 g/mol. The Morgan fingerprint density at radius 2 is 2.00 bits per heavy atom. The number of halogens is 1. The summed E-state index contributed by atoms with van der Waals surface area (Å²) in [5, 5.41) is 11.5. The molecule has 0 saturated carbocycles. The van der Waals surface area contributed by atoms with Gasteiger partial charge in [0.1, 0.15) is 5.75 Å². The molecule has 0 saturated heterocycles. The Bertz CT molecular complexity index is 912. The highest BCUT2D eigenvalue weighted by atomic mass is 35.5. The number of hydrogen-bond acceptors (Lipinski definition) is 6. The summed E-state index contributed by atoms with van der Waals surface area (Å²) >= 11 is 7.27. The van der Waals surface area contributed by atoms with Gasteiger partial charge in [-0.3, -0.25) is 4.79 Å². The lowest BCUT2D eigenvalue weighted by Gasteiger charge is -2.06. The van der Waals surface area contributed by atoms with Crippen LogP contribution in [-0.2, 0) is 4.79 Å². The molecule has 1 heterocycles. The molecule has 3 rings (SSSR count). The van der Waals surface area contributed by atoms with Crippen molar-refractivity contribution in [2.45, 2.75) is 12.1 Å². The van der Waals surface area contributed by atoms with Gasteiger partial charge in [0, 0.05) is 5.56 Å². The number of methoxy groups -OCH3 is 1. The molecule has 0 atom stereocenters. The minimum Gasteiger partial charge on any atom is -0.497 e. The van der Waals surface area contributed by atoms with Gasteiger partial charge in [-0.05, 0) is 48.9 Å². The number of nitrogens with one attached hydrogen (secondary N) is 1. The zero-order valence-corrected chi connectivity index (χ0v) is 15.7. The Labute approximate surface area is 159 Å². The minimum absolute atomic E-state index is 0.133. The van der Waals surface area contributed by atoms with E-state index in [0.29, 0.717) is 21.8 Å². The monoisotopic (exact) mass is 389 g/mol. The summed E-state index contributed by atoms with van der Waals surface area (Å²) in [7, 11) is 1.60. The summed E-state index contributed by atoms with van der Waals surface area (Å²) in [5.41, 5.74) is 2.38. The molecule has 0 fully saturated rings. The maximum atomic E-state index is 12.1. The zero-order chi connectivity index (χ0) is 18.5. The van der Waals surface area contributed by atoms with E-state index in [0.717, 1.165) is 28.6 Å². The Morgan fingerprint density at radius 1 is 1.23 bits per heavy atom. The van der Waals surface area contributed by atoms with Gasteiger partial charge in [-0.2, -0.15) is 0 Å². The molecule has 3 aromatic rings. The number of carbonyl (C=O) groups excluding carboxylic acids is 1. The summed E-state index contributed by atoms with van der Waals surface area (Å²) in [6.45, 7) is 1.93. The zero-order valence-electron chi connectivity index (χ0n) is 14.2. The van der Waals surface area contributed by atoms with Crippen molar-refractivity contribution in [3.8, 4) is 17.2 Å². The molecule has 134 valence electrons. The largest absolute Gasteiger partial charge is 0.497 e. The van der Waals surface area contributed by atoms with Crippen LogP contribution in [0.1, 0.15) is 5.56 Å². The van der Waals surface area contributed by atoms with Gasteiger partial charge >= 0.3 is 0 Å². The van der Waals surface area contributed by atoms with Gasteiger partial charge in [-0.1, -0.05) is 29.4 Å². The highest BCUT2D eigenvalue weighted by Gasteiger charge is 2.12. The molecule has 26 heavy (non-hydrogen) atoms. The summed E-state index contributed by atoms with van der Waals surface area (Å²) in [6, 6.07) is 12.7. The summed E-state index contributed by atoms with van der Waals surface area (Å²) < 4.78 is 10.7. The first-order chi connectivity index (χ1) is 12.5. The topological polar surface area (TPSA) is 77.2 Å². The van der Waals surface area contributed by atoms with Crippen molar-refractivity contribution >= 4 is 35.0 Å². The van der Waals surface area contributed by atoms with Crippen LogP contribution in [0.5, 0.6) is 5.75 Å². The number of hydrogen-bond donors (Lipinski definition) is 1. The average Bonchev–Trinajstić information content (AvgIpc) is 3.11. The number of nitrogens with zero attached hydrogens (tertiary/aromatic N) is 2. The van der Waals surface area contributed by atoms with Crippen molar-refractivity contribution in [2.75, 3.05) is 18.2 Å². The third-order valence-electron chi connectivity index (χ3n) is 3.47. The van der Waals surface area contributed by atoms with Crippen molar-refractivity contribution in [3.63, 3.8) is 0 Å². The van der Waals surface area contributed by atoms with E-state index < -0.39 is 0 Å². The predicted molar refractivity (Wildman–Crippen MR) is 102 cm³/mol. The maximum Gasteiger partial charge on any atom is 0.277 e. The molecule has 0 aliphatic carbocycles. The van der Waals surface area contributed by atoms with Gasteiger partial charge in [0.15, 0.2) is 0 Å². The molecule has 0 bridgehead atoms. The van der Waals surface area contributed by atoms with Crippen molar-refractivity contribution in [1.82, 2.24) is 10.2 Å². The number of carbonyl (C=O) groups is 1. The van der Waals surface area contributed by atoms with Crippen LogP contribution >= 0.6 is 23.4 Å². The first kappa shape index (κ1) is 18.3. The molecule has 1 amide bonds. The number of ether oxygens (including phenoxy) is 1. The fourth-order valence-corrected chi connectivity index (χ4v) is 3.00. The molecule has 0 radical (unpaired) electrons. The van der Waals surface area contributed by atoms with Crippen LogP contribution in [0.3, 0.4) is 0 Å². The maximum absolute atomic E-state index is 12.1. The Morgan fingerprint density at radius 3 is 2.69 bits per heavy atom. The molecule has 1 N–H and O–H groups in total. The third kappa shape index (κ3) is 4.56. The van der Waals surface area contributed by atoms with Crippen molar-refractivity contribution in [3.05, 3.63) is 53.1 Å². The van der Waals surface area contributed by atoms with Gasteiger partial charge in [0.05, 0.1) is 23.6 Å².